The van der Waals surface area contributed by atoms with Crippen LogP contribution in [0, 0.1) is 5.82 Å². The molecule has 2 aromatic rings. The van der Waals surface area contributed by atoms with Crippen molar-refractivity contribution in [2.24, 2.45) is 5.10 Å². The standard InChI is InChI=1S/C18H17FN2O/c1-14(11-12-16-9-5-6-10-17(16)19)20-21-18(22)13-15-7-3-2-4-8-15/h2-12H,13H2,1H3,(H,21,22)/b12-11+,20-14+. The molecule has 4 heteroatoms. The van der Waals surface area contributed by atoms with Crippen LogP contribution in [0.3, 0.4) is 0 Å². The fourth-order valence-electron chi connectivity index (χ4n) is 1.83. The number of benzene rings is 2. The van der Waals surface area contributed by atoms with Gasteiger partial charge >= 0.3 is 0 Å². The van der Waals surface area contributed by atoms with Crippen LogP contribution in [0.1, 0.15) is 18.1 Å². The second-order valence-corrected chi connectivity index (χ2v) is 4.81. The van der Waals surface area contributed by atoms with E-state index in [1.165, 1.54) is 6.07 Å². The summed E-state index contributed by atoms with van der Waals surface area (Å²) in [5.41, 5.74) is 4.48. The number of hydrogen-bond acceptors (Lipinski definition) is 2. The zero-order valence-corrected chi connectivity index (χ0v) is 12.3. The van der Waals surface area contributed by atoms with Crippen LogP contribution in [0.4, 0.5) is 4.39 Å². The first kappa shape index (κ1) is 15.6. The number of amides is 1. The Morgan fingerprint density at radius 2 is 1.82 bits per heavy atom. The zero-order chi connectivity index (χ0) is 15.8. The Morgan fingerprint density at radius 3 is 2.55 bits per heavy atom. The number of halogens is 1. The highest BCUT2D eigenvalue weighted by molar-refractivity contribution is 5.97. The van der Waals surface area contributed by atoms with Crippen molar-refractivity contribution in [2.75, 3.05) is 0 Å². The van der Waals surface area contributed by atoms with Crippen LogP contribution < -0.4 is 5.43 Å². The van der Waals surface area contributed by atoms with Gasteiger partial charge in [0.2, 0.25) is 5.91 Å². The molecule has 0 aromatic heterocycles. The molecule has 0 fully saturated rings. The minimum absolute atomic E-state index is 0.190. The molecule has 0 saturated heterocycles. The van der Waals surface area contributed by atoms with Gasteiger partial charge in [0.05, 0.1) is 12.1 Å². The van der Waals surface area contributed by atoms with Gasteiger partial charge in [0, 0.05) is 5.56 Å². The summed E-state index contributed by atoms with van der Waals surface area (Å²) in [7, 11) is 0. The van der Waals surface area contributed by atoms with Crippen molar-refractivity contribution < 1.29 is 9.18 Å². The number of allylic oxidation sites excluding steroid dienone is 1. The van der Waals surface area contributed by atoms with E-state index in [0.29, 0.717) is 11.3 Å². The van der Waals surface area contributed by atoms with E-state index >= 15 is 0 Å². The Balaban J connectivity index is 1.90. The molecule has 0 radical (unpaired) electrons. The SMILES string of the molecule is CC(/C=C/c1ccccc1F)=N\NC(=O)Cc1ccccc1. The molecule has 0 aliphatic heterocycles. The molecule has 0 unspecified atom stereocenters. The molecule has 0 aliphatic carbocycles. The number of rotatable bonds is 5. The van der Waals surface area contributed by atoms with Crippen molar-refractivity contribution in [3.63, 3.8) is 0 Å². The number of hydrazone groups is 1. The number of nitrogens with one attached hydrogen (secondary N) is 1. The average molecular weight is 296 g/mol. The van der Waals surface area contributed by atoms with Gasteiger partial charge < -0.3 is 0 Å². The lowest BCUT2D eigenvalue weighted by Gasteiger charge is -2.01. The fourth-order valence-corrected chi connectivity index (χ4v) is 1.83. The smallest absolute Gasteiger partial charge is 0.244 e. The van der Waals surface area contributed by atoms with E-state index in [1.807, 2.05) is 30.3 Å². The van der Waals surface area contributed by atoms with E-state index in [9.17, 15) is 9.18 Å². The van der Waals surface area contributed by atoms with Crippen molar-refractivity contribution in [2.45, 2.75) is 13.3 Å². The molecule has 1 N–H and O–H groups in total. The van der Waals surface area contributed by atoms with E-state index in [-0.39, 0.29) is 18.1 Å². The highest BCUT2D eigenvalue weighted by Crippen LogP contribution is 2.08. The molecule has 3 nitrogen and oxygen atoms in total. The second-order valence-electron chi connectivity index (χ2n) is 4.81. The van der Waals surface area contributed by atoms with Crippen molar-refractivity contribution >= 4 is 17.7 Å². The van der Waals surface area contributed by atoms with Crippen molar-refractivity contribution in [3.8, 4) is 0 Å². The molecule has 1 amide bonds. The molecule has 0 aliphatic rings. The van der Waals surface area contributed by atoms with Gasteiger partial charge in [-0.05, 0) is 24.6 Å². The Kier molecular flexibility index (Phi) is 5.60. The lowest BCUT2D eigenvalue weighted by Crippen LogP contribution is -2.20. The molecule has 22 heavy (non-hydrogen) atoms. The maximum absolute atomic E-state index is 13.4. The first-order chi connectivity index (χ1) is 10.6. The fraction of sp³-hybridized carbons (Fsp3) is 0.111. The summed E-state index contributed by atoms with van der Waals surface area (Å²) in [6, 6.07) is 15.9. The minimum atomic E-state index is -0.292. The third-order valence-corrected chi connectivity index (χ3v) is 2.97. The number of carbonyl (C=O) groups is 1. The van der Waals surface area contributed by atoms with Crippen molar-refractivity contribution in [3.05, 3.63) is 77.6 Å². The quantitative estimate of drug-likeness (QED) is 0.665. The maximum atomic E-state index is 13.4. The molecule has 0 saturated carbocycles. The molecular formula is C18H17FN2O. The third-order valence-electron chi connectivity index (χ3n) is 2.97. The lowest BCUT2D eigenvalue weighted by atomic mass is 10.1. The highest BCUT2D eigenvalue weighted by Gasteiger charge is 2.01. The first-order valence-corrected chi connectivity index (χ1v) is 6.95. The predicted molar refractivity (Wildman–Crippen MR) is 86.8 cm³/mol. The molecule has 0 heterocycles. The van der Waals surface area contributed by atoms with Crippen LogP contribution in [0.2, 0.25) is 0 Å². The van der Waals surface area contributed by atoms with Gasteiger partial charge in [-0.1, -0.05) is 54.6 Å². The molecule has 2 aromatic carbocycles. The van der Waals surface area contributed by atoms with E-state index in [0.717, 1.165) is 5.56 Å². The number of nitrogens with zero attached hydrogens (tertiary/aromatic N) is 1. The summed E-state index contributed by atoms with van der Waals surface area (Å²) in [5, 5.41) is 3.97. The largest absolute Gasteiger partial charge is 0.273 e. The topological polar surface area (TPSA) is 41.5 Å². The Morgan fingerprint density at radius 1 is 1.14 bits per heavy atom. The lowest BCUT2D eigenvalue weighted by molar-refractivity contribution is -0.120. The first-order valence-electron chi connectivity index (χ1n) is 6.95. The maximum Gasteiger partial charge on any atom is 0.244 e. The second kappa shape index (κ2) is 7.88. The van der Waals surface area contributed by atoms with Crippen LogP contribution in [0.5, 0.6) is 0 Å². The van der Waals surface area contributed by atoms with Crippen molar-refractivity contribution in [1.29, 1.82) is 0 Å². The normalized spacial score (nSPS) is 11.6. The zero-order valence-electron chi connectivity index (χ0n) is 12.3. The molecule has 2 rings (SSSR count). The minimum Gasteiger partial charge on any atom is -0.273 e. The summed E-state index contributed by atoms with van der Waals surface area (Å²) in [6.45, 7) is 1.74. The Labute approximate surface area is 129 Å². The van der Waals surface area contributed by atoms with Crippen LogP contribution in [0.15, 0.2) is 65.8 Å². The van der Waals surface area contributed by atoms with Gasteiger partial charge in [0.15, 0.2) is 0 Å². The summed E-state index contributed by atoms with van der Waals surface area (Å²) < 4.78 is 13.4. The Bertz CT molecular complexity index is 693. The van der Waals surface area contributed by atoms with Gasteiger partial charge in [-0.2, -0.15) is 5.10 Å². The van der Waals surface area contributed by atoms with Gasteiger partial charge in [-0.15, -0.1) is 0 Å². The van der Waals surface area contributed by atoms with E-state index in [4.69, 9.17) is 0 Å². The van der Waals surface area contributed by atoms with Crippen LogP contribution in [0.25, 0.3) is 6.08 Å². The summed E-state index contributed by atoms with van der Waals surface area (Å²) in [4.78, 5) is 11.7. The third kappa shape index (κ3) is 4.98. The number of hydrogen-bond donors (Lipinski definition) is 1. The predicted octanol–water partition coefficient (Wildman–Crippen LogP) is 3.57. The average Bonchev–Trinajstić information content (AvgIpc) is 2.53. The summed E-state index contributed by atoms with van der Waals surface area (Å²) in [5.74, 6) is -0.482. The Hall–Kier alpha value is -2.75. The molecule has 0 bridgehead atoms. The monoisotopic (exact) mass is 296 g/mol. The van der Waals surface area contributed by atoms with E-state index in [1.54, 1.807) is 37.3 Å². The molecule has 112 valence electrons. The summed E-state index contributed by atoms with van der Waals surface area (Å²) in [6.07, 6.45) is 3.55. The van der Waals surface area contributed by atoms with Gasteiger partial charge in [-0.3, -0.25) is 4.79 Å². The summed E-state index contributed by atoms with van der Waals surface area (Å²) >= 11 is 0. The molecular weight excluding hydrogens is 279 g/mol. The van der Waals surface area contributed by atoms with Crippen molar-refractivity contribution in [1.82, 2.24) is 5.43 Å². The van der Waals surface area contributed by atoms with E-state index in [2.05, 4.69) is 10.5 Å². The highest BCUT2D eigenvalue weighted by atomic mass is 19.1. The van der Waals surface area contributed by atoms with Crippen LogP contribution in [-0.4, -0.2) is 11.6 Å². The molecule has 0 spiro atoms. The van der Waals surface area contributed by atoms with Crippen LogP contribution >= 0.6 is 0 Å². The van der Waals surface area contributed by atoms with E-state index < -0.39 is 0 Å². The van der Waals surface area contributed by atoms with Gasteiger partial charge in [0.1, 0.15) is 5.82 Å². The molecule has 0 atom stereocenters. The van der Waals surface area contributed by atoms with Crippen LogP contribution in [-0.2, 0) is 11.2 Å². The van der Waals surface area contributed by atoms with Gasteiger partial charge in [0.25, 0.3) is 0 Å². The number of carbonyl (C=O) groups excluding carboxylic acids is 1. The van der Waals surface area contributed by atoms with Gasteiger partial charge in [-0.25, -0.2) is 9.82 Å².